The third kappa shape index (κ3) is 60.8. The van der Waals surface area contributed by atoms with E-state index < -0.39 is 6.10 Å². The Morgan fingerprint density at radius 2 is 0.533 bits per heavy atom. The van der Waals surface area contributed by atoms with Gasteiger partial charge in [-0.2, -0.15) is 0 Å². The summed E-state index contributed by atoms with van der Waals surface area (Å²) < 4.78 is 16.9. The topological polar surface area (TPSA) is 78.9 Å². The van der Waals surface area contributed by atoms with Crippen LogP contribution in [-0.4, -0.2) is 37.2 Å². The van der Waals surface area contributed by atoms with Gasteiger partial charge in [0.2, 0.25) is 0 Å². The van der Waals surface area contributed by atoms with Crippen molar-refractivity contribution in [1.29, 1.82) is 0 Å². The van der Waals surface area contributed by atoms with Gasteiger partial charge in [-0.05, 0) is 122 Å². The Balaban J connectivity index is 4.35. The Morgan fingerprint density at radius 3 is 0.867 bits per heavy atom. The minimum Gasteiger partial charge on any atom is -0.462 e. The lowest BCUT2D eigenvalue weighted by Crippen LogP contribution is -2.30. The molecule has 0 amide bonds. The van der Waals surface area contributed by atoms with Crippen LogP contribution in [-0.2, 0) is 28.6 Å². The fourth-order valence-corrected chi connectivity index (χ4v) is 8.52. The molecule has 0 aliphatic heterocycles. The van der Waals surface area contributed by atoms with Crippen molar-refractivity contribution < 1.29 is 28.6 Å². The molecular weight excluding hydrogens is 925 g/mol. The van der Waals surface area contributed by atoms with E-state index in [1.807, 2.05) is 0 Å². The first-order valence-electron chi connectivity index (χ1n) is 31.4. The molecule has 0 heterocycles. The number of carbonyl (C=O) groups is 3. The van der Waals surface area contributed by atoms with Gasteiger partial charge in [0, 0.05) is 19.3 Å². The molecule has 0 aliphatic carbocycles. The Labute approximate surface area is 463 Å². The molecule has 0 radical (unpaired) electrons. The number of hydrogen-bond donors (Lipinski definition) is 0. The number of ether oxygens (including phenoxy) is 3. The van der Waals surface area contributed by atoms with Crippen LogP contribution in [0.4, 0.5) is 0 Å². The van der Waals surface area contributed by atoms with Crippen LogP contribution in [0.1, 0.15) is 290 Å². The van der Waals surface area contributed by atoms with Crippen molar-refractivity contribution in [1.82, 2.24) is 0 Å². The fourth-order valence-electron chi connectivity index (χ4n) is 8.52. The Hall–Kier alpha value is -3.93. The first-order chi connectivity index (χ1) is 37.0. The van der Waals surface area contributed by atoms with Crippen molar-refractivity contribution in [2.24, 2.45) is 0 Å². The number of hydrogen-bond acceptors (Lipinski definition) is 6. The predicted octanol–water partition coefficient (Wildman–Crippen LogP) is 21.4. The van der Waals surface area contributed by atoms with Gasteiger partial charge in [0.1, 0.15) is 13.2 Å². The van der Waals surface area contributed by atoms with Gasteiger partial charge in [-0.1, -0.05) is 259 Å². The quantitative estimate of drug-likeness (QED) is 0.0261. The summed E-state index contributed by atoms with van der Waals surface area (Å²) in [6.07, 6.45) is 85.2. The zero-order chi connectivity index (χ0) is 54.3. The highest BCUT2D eigenvalue weighted by molar-refractivity contribution is 5.71. The van der Waals surface area contributed by atoms with Gasteiger partial charge in [-0.3, -0.25) is 14.4 Å². The van der Waals surface area contributed by atoms with Crippen LogP contribution in [0.3, 0.4) is 0 Å². The summed E-state index contributed by atoms with van der Waals surface area (Å²) in [6, 6.07) is 0. The summed E-state index contributed by atoms with van der Waals surface area (Å²) >= 11 is 0. The third-order valence-electron chi connectivity index (χ3n) is 13.2. The maximum absolute atomic E-state index is 12.9. The zero-order valence-electron chi connectivity index (χ0n) is 49.0. The molecule has 0 bridgehead atoms. The van der Waals surface area contributed by atoms with Crippen LogP contribution >= 0.6 is 0 Å². The van der Waals surface area contributed by atoms with Gasteiger partial charge in [0.05, 0.1) is 0 Å². The molecule has 1 unspecified atom stereocenters. The molecule has 0 aliphatic rings. The molecule has 0 aromatic carbocycles. The normalized spacial score (nSPS) is 12.8. The number of rotatable bonds is 56. The highest BCUT2D eigenvalue weighted by atomic mass is 16.6. The number of unbranched alkanes of at least 4 members (excludes halogenated alkanes) is 27. The van der Waals surface area contributed by atoms with Crippen LogP contribution in [0.25, 0.3) is 0 Å². The molecule has 428 valence electrons. The van der Waals surface area contributed by atoms with E-state index in [1.165, 1.54) is 128 Å². The maximum atomic E-state index is 12.9. The summed E-state index contributed by atoms with van der Waals surface area (Å²) in [6.45, 7) is 6.47. The molecule has 0 N–H and O–H groups in total. The minimum absolute atomic E-state index is 0.0896. The third-order valence-corrected chi connectivity index (χ3v) is 13.2. The Morgan fingerprint density at radius 1 is 0.280 bits per heavy atom. The van der Waals surface area contributed by atoms with Crippen LogP contribution < -0.4 is 0 Å². The molecule has 6 heteroatoms. The minimum atomic E-state index is -0.792. The standard InChI is InChI=1S/C69H116O6/c1-4-7-10-13-16-19-22-24-26-28-30-32-33-34-35-37-38-40-42-44-47-50-53-56-59-62-68(71)74-65-66(64-73-67(70)61-58-55-52-49-46-21-18-15-12-9-6-3)75-69(72)63-60-57-54-51-48-45-43-41-39-36-31-29-27-25-23-20-17-14-11-8-5-2/h7,10,15-16,18-19,23-26,29-32,34-35,38,40,66H,4-6,8-9,11-14,17,20-22,27-28,33,36-37,39,41-65H2,1-3H3/b10-7-,18-15-,19-16-,25-23-,26-24-,31-29-,32-30-,35-34-,40-38-. The maximum Gasteiger partial charge on any atom is 0.306 e. The van der Waals surface area contributed by atoms with Crippen molar-refractivity contribution in [3.63, 3.8) is 0 Å². The molecule has 0 saturated heterocycles. The smallest absolute Gasteiger partial charge is 0.306 e. The number of esters is 3. The second kappa shape index (κ2) is 62.6. The van der Waals surface area contributed by atoms with Crippen molar-refractivity contribution in [2.45, 2.75) is 297 Å². The number of allylic oxidation sites excluding steroid dienone is 18. The van der Waals surface area contributed by atoms with E-state index in [0.717, 1.165) is 122 Å². The molecule has 75 heavy (non-hydrogen) atoms. The molecule has 0 saturated carbocycles. The lowest BCUT2D eigenvalue weighted by atomic mass is 10.1. The lowest BCUT2D eigenvalue weighted by molar-refractivity contribution is -0.167. The molecular formula is C69H116O6. The molecule has 0 rings (SSSR count). The molecule has 0 spiro atoms. The second-order valence-electron chi connectivity index (χ2n) is 20.6. The van der Waals surface area contributed by atoms with Gasteiger partial charge >= 0.3 is 17.9 Å². The van der Waals surface area contributed by atoms with Gasteiger partial charge in [0.15, 0.2) is 6.10 Å². The molecule has 6 nitrogen and oxygen atoms in total. The molecule has 0 fully saturated rings. The summed E-state index contributed by atoms with van der Waals surface area (Å²) in [7, 11) is 0. The summed E-state index contributed by atoms with van der Waals surface area (Å²) in [5.41, 5.74) is 0. The highest BCUT2D eigenvalue weighted by Gasteiger charge is 2.19. The monoisotopic (exact) mass is 1040 g/mol. The van der Waals surface area contributed by atoms with Crippen molar-refractivity contribution in [3.05, 3.63) is 109 Å². The lowest BCUT2D eigenvalue weighted by Gasteiger charge is -2.18. The van der Waals surface area contributed by atoms with E-state index >= 15 is 0 Å². The molecule has 0 aromatic rings. The predicted molar refractivity (Wildman–Crippen MR) is 325 cm³/mol. The van der Waals surface area contributed by atoms with Crippen LogP contribution in [0.15, 0.2) is 109 Å². The summed E-state index contributed by atoms with van der Waals surface area (Å²) in [4.78, 5) is 38.2. The Bertz CT molecular complexity index is 1520. The van der Waals surface area contributed by atoms with Crippen LogP contribution in [0.2, 0.25) is 0 Å². The average Bonchev–Trinajstić information content (AvgIpc) is 3.41. The Kier molecular flexibility index (Phi) is 59.3. The van der Waals surface area contributed by atoms with E-state index in [4.69, 9.17) is 14.2 Å². The molecule has 0 aromatic heterocycles. The summed E-state index contributed by atoms with van der Waals surface area (Å²) in [5, 5.41) is 0. The van der Waals surface area contributed by atoms with Gasteiger partial charge in [-0.15, -0.1) is 0 Å². The zero-order valence-corrected chi connectivity index (χ0v) is 49.0. The first-order valence-corrected chi connectivity index (χ1v) is 31.4. The van der Waals surface area contributed by atoms with E-state index in [9.17, 15) is 14.4 Å². The summed E-state index contributed by atoms with van der Waals surface area (Å²) in [5.74, 6) is -0.913. The van der Waals surface area contributed by atoms with E-state index in [0.29, 0.717) is 19.3 Å². The van der Waals surface area contributed by atoms with E-state index in [2.05, 4.69) is 130 Å². The van der Waals surface area contributed by atoms with Crippen molar-refractivity contribution in [2.75, 3.05) is 13.2 Å². The van der Waals surface area contributed by atoms with Gasteiger partial charge < -0.3 is 14.2 Å². The van der Waals surface area contributed by atoms with E-state index in [-0.39, 0.29) is 31.1 Å². The first kappa shape index (κ1) is 71.1. The second-order valence-corrected chi connectivity index (χ2v) is 20.6. The van der Waals surface area contributed by atoms with Gasteiger partial charge in [-0.25, -0.2) is 0 Å². The van der Waals surface area contributed by atoms with Crippen molar-refractivity contribution in [3.8, 4) is 0 Å². The number of carbonyl (C=O) groups excluding carboxylic acids is 3. The SMILES string of the molecule is CC/C=C\C/C=C\C/C=C\C/C=C\C/C=C\C/C=C\CCCCCCCCC(=O)OCC(COC(=O)CCCCCCC/C=C\CCCC)OC(=O)CCCCCCCCCCC/C=C\C/C=C\CCCCCCC. The average molecular weight is 1040 g/mol. The highest BCUT2D eigenvalue weighted by Crippen LogP contribution is 2.15. The van der Waals surface area contributed by atoms with Crippen LogP contribution in [0, 0.1) is 0 Å². The van der Waals surface area contributed by atoms with Crippen LogP contribution in [0.5, 0.6) is 0 Å². The van der Waals surface area contributed by atoms with Crippen molar-refractivity contribution >= 4 is 17.9 Å². The van der Waals surface area contributed by atoms with E-state index in [1.54, 1.807) is 0 Å². The molecule has 1 atom stereocenters. The fraction of sp³-hybridized carbons (Fsp3) is 0.696. The van der Waals surface area contributed by atoms with Gasteiger partial charge in [0.25, 0.3) is 0 Å². The largest absolute Gasteiger partial charge is 0.462 e.